The molecule has 0 aliphatic carbocycles. The molecular formula is C20H24N4O. The van der Waals surface area contributed by atoms with Crippen LogP contribution < -0.4 is 10.2 Å². The summed E-state index contributed by atoms with van der Waals surface area (Å²) >= 11 is 0. The van der Waals surface area contributed by atoms with E-state index in [2.05, 4.69) is 26.3 Å². The molecule has 0 saturated carbocycles. The first-order valence-corrected chi connectivity index (χ1v) is 8.87. The minimum Gasteiger partial charge on any atom is -0.357 e. The van der Waals surface area contributed by atoms with Crippen LogP contribution in [0.5, 0.6) is 0 Å². The number of rotatable bonds is 5. The van der Waals surface area contributed by atoms with Gasteiger partial charge < -0.3 is 10.2 Å². The van der Waals surface area contributed by atoms with Crippen LogP contribution in [0.15, 0.2) is 48.9 Å². The molecule has 5 nitrogen and oxygen atoms in total. The van der Waals surface area contributed by atoms with Crippen LogP contribution in [-0.4, -0.2) is 29.0 Å². The molecule has 2 aromatic heterocycles. The molecule has 0 aromatic carbocycles. The lowest BCUT2D eigenvalue weighted by Crippen LogP contribution is -2.25. The Balaban J connectivity index is 1.49. The second kappa shape index (κ2) is 8.97. The third-order valence-electron chi connectivity index (χ3n) is 4.32. The number of aromatic nitrogens is 2. The van der Waals surface area contributed by atoms with E-state index in [4.69, 9.17) is 0 Å². The lowest BCUT2D eigenvalue weighted by atomic mass is 10.2. The summed E-state index contributed by atoms with van der Waals surface area (Å²) in [5, 5.41) is 2.88. The van der Waals surface area contributed by atoms with E-state index >= 15 is 0 Å². The van der Waals surface area contributed by atoms with Gasteiger partial charge in [0.1, 0.15) is 5.82 Å². The van der Waals surface area contributed by atoms with Crippen LogP contribution in [0.1, 0.15) is 36.8 Å². The fraction of sp³-hybridized carbons (Fsp3) is 0.350. The second-order valence-electron chi connectivity index (χ2n) is 6.26. The topological polar surface area (TPSA) is 58.1 Å². The van der Waals surface area contributed by atoms with Crippen molar-refractivity contribution in [3.63, 3.8) is 0 Å². The monoisotopic (exact) mass is 336 g/mol. The van der Waals surface area contributed by atoms with Crippen LogP contribution in [0.4, 0.5) is 5.82 Å². The third kappa shape index (κ3) is 5.41. The van der Waals surface area contributed by atoms with Gasteiger partial charge in [-0.15, -0.1) is 0 Å². The molecule has 0 atom stereocenters. The predicted molar refractivity (Wildman–Crippen MR) is 100 cm³/mol. The van der Waals surface area contributed by atoms with Crippen LogP contribution >= 0.6 is 0 Å². The van der Waals surface area contributed by atoms with Gasteiger partial charge in [-0.05, 0) is 42.2 Å². The van der Waals surface area contributed by atoms with E-state index in [1.165, 1.54) is 31.8 Å². The molecule has 25 heavy (non-hydrogen) atoms. The number of hydrogen-bond donors (Lipinski definition) is 1. The minimum absolute atomic E-state index is 0.125. The molecule has 0 unspecified atom stereocenters. The number of nitrogens with one attached hydrogen (secondary N) is 1. The van der Waals surface area contributed by atoms with Crippen LogP contribution in [0.3, 0.4) is 0 Å². The van der Waals surface area contributed by atoms with E-state index in [0.717, 1.165) is 30.0 Å². The Labute approximate surface area is 148 Å². The fourth-order valence-corrected chi connectivity index (χ4v) is 2.90. The van der Waals surface area contributed by atoms with Crippen molar-refractivity contribution < 1.29 is 4.79 Å². The van der Waals surface area contributed by atoms with E-state index in [0.29, 0.717) is 6.54 Å². The number of anilines is 1. The van der Waals surface area contributed by atoms with Crippen LogP contribution in [-0.2, 0) is 11.3 Å². The Morgan fingerprint density at radius 2 is 1.96 bits per heavy atom. The van der Waals surface area contributed by atoms with E-state index in [1.54, 1.807) is 18.5 Å². The summed E-state index contributed by atoms with van der Waals surface area (Å²) in [5.74, 6) is 0.911. The summed E-state index contributed by atoms with van der Waals surface area (Å²) in [5.41, 5.74) is 1.91. The lowest BCUT2D eigenvalue weighted by Gasteiger charge is -2.21. The van der Waals surface area contributed by atoms with Gasteiger partial charge >= 0.3 is 0 Å². The maximum Gasteiger partial charge on any atom is 0.244 e. The van der Waals surface area contributed by atoms with Gasteiger partial charge in [0.15, 0.2) is 0 Å². The first-order valence-electron chi connectivity index (χ1n) is 8.87. The highest BCUT2D eigenvalue weighted by Crippen LogP contribution is 2.17. The second-order valence-corrected chi connectivity index (χ2v) is 6.26. The number of hydrogen-bond acceptors (Lipinski definition) is 4. The van der Waals surface area contributed by atoms with Crippen molar-refractivity contribution in [1.82, 2.24) is 15.3 Å². The molecule has 0 bridgehead atoms. The normalized spacial score (nSPS) is 15.1. The smallest absolute Gasteiger partial charge is 0.244 e. The molecule has 0 radical (unpaired) electrons. The molecule has 5 heteroatoms. The molecule has 1 saturated heterocycles. The van der Waals surface area contributed by atoms with Gasteiger partial charge in [-0.3, -0.25) is 9.78 Å². The zero-order valence-corrected chi connectivity index (χ0v) is 14.4. The summed E-state index contributed by atoms with van der Waals surface area (Å²) in [7, 11) is 0. The number of nitrogens with zero attached hydrogens (tertiary/aromatic N) is 3. The van der Waals surface area contributed by atoms with Gasteiger partial charge in [-0.25, -0.2) is 4.98 Å². The highest BCUT2D eigenvalue weighted by Gasteiger charge is 2.10. The van der Waals surface area contributed by atoms with Crippen LogP contribution in [0.25, 0.3) is 6.08 Å². The maximum atomic E-state index is 11.9. The van der Waals surface area contributed by atoms with Crippen molar-refractivity contribution in [2.45, 2.75) is 32.2 Å². The largest absolute Gasteiger partial charge is 0.357 e. The van der Waals surface area contributed by atoms with Crippen molar-refractivity contribution in [1.29, 1.82) is 0 Å². The molecule has 1 fully saturated rings. The standard InChI is InChI=1S/C20H24N4O/c25-20(10-8-17-6-5-11-21-14-17)23-16-18-7-9-19(22-15-18)24-12-3-1-2-4-13-24/h5-11,14-15H,1-4,12-13,16H2,(H,23,25)/b10-8+. The van der Waals surface area contributed by atoms with Crippen molar-refractivity contribution >= 4 is 17.8 Å². The van der Waals surface area contributed by atoms with Crippen molar-refractivity contribution in [2.75, 3.05) is 18.0 Å². The predicted octanol–water partition coefficient (Wildman–Crippen LogP) is 3.19. The average molecular weight is 336 g/mol. The first kappa shape index (κ1) is 17.1. The molecule has 1 amide bonds. The van der Waals surface area contributed by atoms with E-state index in [-0.39, 0.29) is 5.91 Å². The lowest BCUT2D eigenvalue weighted by molar-refractivity contribution is -0.116. The number of carbonyl (C=O) groups excluding carboxylic acids is 1. The molecule has 0 spiro atoms. The van der Waals surface area contributed by atoms with Gasteiger partial charge in [0.25, 0.3) is 0 Å². The molecule has 1 aliphatic rings. The van der Waals surface area contributed by atoms with Crippen LogP contribution in [0, 0.1) is 0 Å². The summed E-state index contributed by atoms with van der Waals surface area (Å²) in [6, 6.07) is 7.84. The van der Waals surface area contributed by atoms with E-state index in [9.17, 15) is 4.79 Å². The Hall–Kier alpha value is -2.69. The van der Waals surface area contributed by atoms with E-state index in [1.807, 2.05) is 24.4 Å². The Bertz CT molecular complexity index is 689. The highest BCUT2D eigenvalue weighted by atomic mass is 16.1. The molecule has 130 valence electrons. The summed E-state index contributed by atoms with van der Waals surface area (Å²) in [6.07, 6.45) is 13.7. The van der Waals surface area contributed by atoms with Crippen molar-refractivity contribution in [2.24, 2.45) is 0 Å². The highest BCUT2D eigenvalue weighted by molar-refractivity contribution is 5.91. The molecule has 1 N–H and O–H groups in total. The summed E-state index contributed by atoms with van der Waals surface area (Å²) < 4.78 is 0. The Kier molecular flexibility index (Phi) is 6.15. The molecule has 3 heterocycles. The van der Waals surface area contributed by atoms with E-state index < -0.39 is 0 Å². The van der Waals surface area contributed by atoms with Gasteiger partial charge in [0.2, 0.25) is 5.91 Å². The minimum atomic E-state index is -0.125. The summed E-state index contributed by atoms with van der Waals surface area (Å²) in [4.78, 5) is 22.8. The zero-order chi connectivity index (χ0) is 17.3. The molecule has 3 rings (SSSR count). The van der Waals surface area contributed by atoms with Gasteiger partial charge in [0, 0.05) is 44.3 Å². The molecule has 2 aromatic rings. The quantitative estimate of drug-likeness (QED) is 0.852. The fourth-order valence-electron chi connectivity index (χ4n) is 2.90. The Morgan fingerprint density at radius 1 is 1.12 bits per heavy atom. The van der Waals surface area contributed by atoms with Crippen LogP contribution in [0.2, 0.25) is 0 Å². The first-order chi connectivity index (χ1) is 12.3. The third-order valence-corrected chi connectivity index (χ3v) is 4.32. The average Bonchev–Trinajstić information content (AvgIpc) is 2.95. The molecular weight excluding hydrogens is 312 g/mol. The van der Waals surface area contributed by atoms with Crippen molar-refractivity contribution in [3.05, 3.63) is 60.1 Å². The maximum absolute atomic E-state index is 11.9. The summed E-state index contributed by atoms with van der Waals surface area (Å²) in [6.45, 7) is 2.65. The number of pyridine rings is 2. The Morgan fingerprint density at radius 3 is 2.64 bits per heavy atom. The van der Waals surface area contributed by atoms with Gasteiger partial charge in [-0.2, -0.15) is 0 Å². The number of carbonyl (C=O) groups is 1. The zero-order valence-electron chi connectivity index (χ0n) is 14.4. The van der Waals surface area contributed by atoms with Gasteiger partial charge in [-0.1, -0.05) is 25.0 Å². The SMILES string of the molecule is O=C(/C=C/c1cccnc1)NCc1ccc(N2CCCCCC2)nc1. The molecule has 1 aliphatic heterocycles. The van der Waals surface area contributed by atoms with Gasteiger partial charge in [0.05, 0.1) is 0 Å². The number of amides is 1. The van der Waals surface area contributed by atoms with Crippen molar-refractivity contribution in [3.8, 4) is 0 Å².